The monoisotopic (exact) mass is 313 g/mol. The molecule has 0 aliphatic carbocycles. The van der Waals surface area contributed by atoms with E-state index in [1.165, 1.54) is 29.6 Å². The first kappa shape index (κ1) is 15.9. The summed E-state index contributed by atoms with van der Waals surface area (Å²) in [6, 6.07) is 5.15. The summed E-state index contributed by atoms with van der Waals surface area (Å²) in [7, 11) is -2.18. The van der Waals surface area contributed by atoms with Crippen LogP contribution in [0.3, 0.4) is 0 Å². The summed E-state index contributed by atoms with van der Waals surface area (Å²) in [6.07, 6.45) is 2.31. The van der Waals surface area contributed by atoms with E-state index in [1.807, 2.05) is 0 Å². The van der Waals surface area contributed by atoms with Crippen LogP contribution in [0.1, 0.15) is 12.8 Å². The standard InChI is InChI=1S/C13H19N3O4S/c1-14(9-10-15-7-2-3-8-15)21(19,20)13-6-4-5-12(11-13)16(17)18/h4-6,11H,2-3,7-10H2,1H3. The van der Waals surface area contributed by atoms with E-state index in [-0.39, 0.29) is 10.6 Å². The van der Waals surface area contributed by atoms with Gasteiger partial charge in [-0.15, -0.1) is 0 Å². The number of likely N-dealkylation sites (N-methyl/N-ethyl adjacent to an activating group) is 1. The predicted molar refractivity (Wildman–Crippen MR) is 78.6 cm³/mol. The lowest BCUT2D eigenvalue weighted by molar-refractivity contribution is -0.385. The van der Waals surface area contributed by atoms with Gasteiger partial charge in [-0.3, -0.25) is 10.1 Å². The SMILES string of the molecule is CN(CCN1CCCC1)S(=O)(=O)c1cccc([N+](=O)[O-])c1. The molecule has 0 N–H and O–H groups in total. The van der Waals surface area contributed by atoms with E-state index in [2.05, 4.69) is 4.90 Å². The molecule has 1 heterocycles. The Labute approximate surface area is 124 Å². The molecule has 0 saturated carbocycles. The molecule has 7 nitrogen and oxygen atoms in total. The second-order valence-corrected chi connectivity index (χ2v) is 7.17. The molecule has 0 aromatic heterocycles. The fourth-order valence-corrected chi connectivity index (χ4v) is 3.55. The van der Waals surface area contributed by atoms with Gasteiger partial charge >= 0.3 is 0 Å². The lowest BCUT2D eigenvalue weighted by atomic mass is 10.3. The molecule has 8 heteroatoms. The number of hydrogen-bond acceptors (Lipinski definition) is 5. The molecule has 1 aromatic rings. The second-order valence-electron chi connectivity index (χ2n) is 5.13. The van der Waals surface area contributed by atoms with Gasteiger partial charge in [-0.2, -0.15) is 4.31 Å². The van der Waals surface area contributed by atoms with Gasteiger partial charge in [0.15, 0.2) is 0 Å². The molecular weight excluding hydrogens is 294 g/mol. The Balaban J connectivity index is 2.08. The summed E-state index contributed by atoms with van der Waals surface area (Å²) in [6.45, 7) is 3.07. The number of nitrogens with zero attached hydrogens (tertiary/aromatic N) is 3. The topological polar surface area (TPSA) is 83.8 Å². The summed E-state index contributed by atoms with van der Waals surface area (Å²) in [5, 5.41) is 10.7. The van der Waals surface area contributed by atoms with Crippen LogP contribution in [0.25, 0.3) is 0 Å². The lowest BCUT2D eigenvalue weighted by Gasteiger charge is -2.21. The van der Waals surface area contributed by atoms with Crippen LogP contribution in [0.4, 0.5) is 5.69 Å². The van der Waals surface area contributed by atoms with Gasteiger partial charge in [-0.1, -0.05) is 6.07 Å². The van der Waals surface area contributed by atoms with Crippen molar-refractivity contribution in [3.63, 3.8) is 0 Å². The van der Waals surface area contributed by atoms with Crippen molar-refractivity contribution in [3.05, 3.63) is 34.4 Å². The van der Waals surface area contributed by atoms with Crippen molar-refractivity contribution in [3.8, 4) is 0 Å². The van der Waals surface area contributed by atoms with Gasteiger partial charge in [-0.05, 0) is 32.0 Å². The van der Waals surface area contributed by atoms with E-state index in [9.17, 15) is 18.5 Å². The number of nitro groups is 1. The quantitative estimate of drug-likeness (QED) is 0.584. The Kier molecular flexibility index (Phi) is 4.92. The molecule has 0 atom stereocenters. The number of sulfonamides is 1. The van der Waals surface area contributed by atoms with Crippen LogP contribution in [0, 0.1) is 10.1 Å². The number of hydrogen-bond donors (Lipinski definition) is 0. The van der Waals surface area contributed by atoms with Gasteiger partial charge in [0.2, 0.25) is 10.0 Å². The Hall–Kier alpha value is -1.51. The third-order valence-electron chi connectivity index (χ3n) is 3.67. The normalized spacial score (nSPS) is 16.5. The number of rotatable bonds is 6. The number of likely N-dealkylation sites (tertiary alicyclic amines) is 1. The molecule has 116 valence electrons. The van der Waals surface area contributed by atoms with Crippen molar-refractivity contribution in [2.75, 3.05) is 33.2 Å². The van der Waals surface area contributed by atoms with Crippen molar-refractivity contribution in [2.45, 2.75) is 17.7 Å². The molecule has 1 saturated heterocycles. The molecule has 0 radical (unpaired) electrons. The summed E-state index contributed by atoms with van der Waals surface area (Å²) in [5.41, 5.74) is -0.219. The maximum Gasteiger partial charge on any atom is 0.270 e. The first-order valence-corrected chi connectivity index (χ1v) is 8.28. The van der Waals surface area contributed by atoms with Gasteiger partial charge in [0, 0.05) is 32.3 Å². The molecule has 1 aliphatic heterocycles. The van der Waals surface area contributed by atoms with Crippen LogP contribution in [-0.4, -0.2) is 55.8 Å². The fourth-order valence-electron chi connectivity index (χ4n) is 2.35. The van der Waals surface area contributed by atoms with Crippen molar-refractivity contribution < 1.29 is 13.3 Å². The number of nitro benzene ring substituents is 1. The molecule has 1 fully saturated rings. The highest BCUT2D eigenvalue weighted by Gasteiger charge is 2.23. The van der Waals surface area contributed by atoms with Crippen LogP contribution < -0.4 is 0 Å². The molecule has 0 unspecified atom stereocenters. The van der Waals surface area contributed by atoms with E-state index in [0.29, 0.717) is 13.1 Å². The predicted octanol–water partition coefficient (Wildman–Crippen LogP) is 1.31. The largest absolute Gasteiger partial charge is 0.302 e. The molecule has 0 bridgehead atoms. The van der Waals surface area contributed by atoms with Crippen LogP contribution in [0.15, 0.2) is 29.2 Å². The third kappa shape index (κ3) is 3.78. The van der Waals surface area contributed by atoms with E-state index in [4.69, 9.17) is 0 Å². The van der Waals surface area contributed by atoms with Crippen LogP contribution in [0.2, 0.25) is 0 Å². The third-order valence-corrected chi connectivity index (χ3v) is 5.52. The molecule has 0 spiro atoms. The zero-order valence-corrected chi connectivity index (χ0v) is 12.8. The van der Waals surface area contributed by atoms with Crippen LogP contribution >= 0.6 is 0 Å². The maximum atomic E-state index is 12.4. The number of benzene rings is 1. The smallest absolute Gasteiger partial charge is 0.270 e. The van der Waals surface area contributed by atoms with Gasteiger partial charge in [0.1, 0.15) is 0 Å². The van der Waals surface area contributed by atoms with Gasteiger partial charge in [0.25, 0.3) is 5.69 Å². The highest BCUT2D eigenvalue weighted by molar-refractivity contribution is 7.89. The van der Waals surface area contributed by atoms with Gasteiger partial charge < -0.3 is 4.90 Å². The Morgan fingerprint density at radius 2 is 2.00 bits per heavy atom. The van der Waals surface area contributed by atoms with Crippen molar-refractivity contribution in [1.82, 2.24) is 9.21 Å². The van der Waals surface area contributed by atoms with E-state index in [1.54, 1.807) is 0 Å². The maximum absolute atomic E-state index is 12.4. The second kappa shape index (κ2) is 6.50. The van der Waals surface area contributed by atoms with E-state index in [0.717, 1.165) is 32.0 Å². The molecule has 2 rings (SSSR count). The van der Waals surface area contributed by atoms with E-state index < -0.39 is 14.9 Å². The zero-order valence-electron chi connectivity index (χ0n) is 11.9. The molecular formula is C13H19N3O4S. The minimum atomic E-state index is -3.68. The summed E-state index contributed by atoms with van der Waals surface area (Å²) < 4.78 is 26.0. The highest BCUT2D eigenvalue weighted by atomic mass is 32.2. The van der Waals surface area contributed by atoms with E-state index >= 15 is 0 Å². The lowest BCUT2D eigenvalue weighted by Crippen LogP contribution is -2.35. The van der Waals surface area contributed by atoms with Crippen LogP contribution in [-0.2, 0) is 10.0 Å². The van der Waals surface area contributed by atoms with Crippen LogP contribution in [0.5, 0.6) is 0 Å². The molecule has 1 aliphatic rings. The average Bonchev–Trinajstić information content (AvgIpc) is 2.98. The van der Waals surface area contributed by atoms with Crippen molar-refractivity contribution in [2.24, 2.45) is 0 Å². The summed E-state index contributed by atoms with van der Waals surface area (Å²) in [4.78, 5) is 12.3. The average molecular weight is 313 g/mol. The zero-order chi connectivity index (χ0) is 15.5. The first-order valence-electron chi connectivity index (χ1n) is 6.84. The van der Waals surface area contributed by atoms with Gasteiger partial charge in [-0.25, -0.2) is 8.42 Å². The Morgan fingerprint density at radius 1 is 1.33 bits per heavy atom. The molecule has 21 heavy (non-hydrogen) atoms. The van der Waals surface area contributed by atoms with Crippen molar-refractivity contribution >= 4 is 15.7 Å². The Bertz CT molecular complexity index is 612. The minimum absolute atomic E-state index is 0.0411. The van der Waals surface area contributed by atoms with Crippen molar-refractivity contribution in [1.29, 1.82) is 0 Å². The number of non-ortho nitro benzene ring substituents is 1. The first-order chi connectivity index (χ1) is 9.91. The molecule has 0 amide bonds. The fraction of sp³-hybridized carbons (Fsp3) is 0.538. The Morgan fingerprint density at radius 3 is 2.62 bits per heavy atom. The highest BCUT2D eigenvalue weighted by Crippen LogP contribution is 2.20. The summed E-state index contributed by atoms with van der Waals surface area (Å²) >= 11 is 0. The molecule has 1 aromatic carbocycles. The summed E-state index contributed by atoms with van der Waals surface area (Å²) in [5.74, 6) is 0. The van der Waals surface area contributed by atoms with Gasteiger partial charge in [0.05, 0.1) is 9.82 Å². The minimum Gasteiger partial charge on any atom is -0.302 e.